The zero-order valence-electron chi connectivity index (χ0n) is 15.0. The van der Waals surface area contributed by atoms with Crippen molar-refractivity contribution in [3.05, 3.63) is 70.2 Å². The summed E-state index contributed by atoms with van der Waals surface area (Å²) in [5.41, 5.74) is 2.85. The van der Waals surface area contributed by atoms with E-state index in [9.17, 15) is 9.59 Å². The van der Waals surface area contributed by atoms with Crippen LogP contribution in [0.4, 0.5) is 0 Å². The van der Waals surface area contributed by atoms with Gasteiger partial charge in [-0.05, 0) is 43.2 Å². The standard InChI is InChI=1S/C21H23ClN2O2/c1-16-3-5-17(6-4-16)15-20(25)23-11-2-12-24(14-13-23)21(26)18-7-9-19(22)10-8-18/h3-10H,2,11-15H2,1H3. The summed E-state index contributed by atoms with van der Waals surface area (Å²) in [6.07, 6.45) is 1.20. The topological polar surface area (TPSA) is 40.6 Å². The zero-order valence-corrected chi connectivity index (χ0v) is 15.7. The number of hydrogen-bond acceptors (Lipinski definition) is 2. The minimum Gasteiger partial charge on any atom is -0.341 e. The van der Waals surface area contributed by atoms with Crippen molar-refractivity contribution >= 4 is 23.4 Å². The number of halogens is 1. The Kier molecular flexibility index (Phi) is 5.94. The molecule has 26 heavy (non-hydrogen) atoms. The highest BCUT2D eigenvalue weighted by atomic mass is 35.5. The molecule has 5 heteroatoms. The maximum atomic E-state index is 12.6. The first-order valence-electron chi connectivity index (χ1n) is 8.91. The molecular formula is C21H23ClN2O2. The molecule has 0 bridgehead atoms. The molecular weight excluding hydrogens is 348 g/mol. The molecule has 1 aliphatic heterocycles. The monoisotopic (exact) mass is 370 g/mol. The lowest BCUT2D eigenvalue weighted by Crippen LogP contribution is -2.38. The van der Waals surface area contributed by atoms with E-state index >= 15 is 0 Å². The van der Waals surface area contributed by atoms with Crippen LogP contribution in [0.1, 0.15) is 27.9 Å². The van der Waals surface area contributed by atoms with Crippen molar-refractivity contribution < 1.29 is 9.59 Å². The minimum absolute atomic E-state index is 0.00509. The molecule has 1 heterocycles. The van der Waals surface area contributed by atoms with Gasteiger partial charge in [0.1, 0.15) is 0 Å². The molecule has 1 fully saturated rings. The minimum atomic E-state index is -0.00509. The van der Waals surface area contributed by atoms with Gasteiger partial charge in [-0.25, -0.2) is 0 Å². The number of benzene rings is 2. The molecule has 2 aromatic rings. The summed E-state index contributed by atoms with van der Waals surface area (Å²) in [7, 11) is 0. The van der Waals surface area contributed by atoms with Gasteiger partial charge in [-0.3, -0.25) is 9.59 Å². The molecule has 0 N–H and O–H groups in total. The first-order chi connectivity index (χ1) is 12.5. The molecule has 0 saturated carbocycles. The van der Waals surface area contributed by atoms with Crippen molar-refractivity contribution in [2.75, 3.05) is 26.2 Å². The van der Waals surface area contributed by atoms with E-state index in [4.69, 9.17) is 11.6 Å². The lowest BCUT2D eigenvalue weighted by Gasteiger charge is -2.22. The average Bonchev–Trinajstić information content (AvgIpc) is 2.90. The highest BCUT2D eigenvalue weighted by Gasteiger charge is 2.22. The van der Waals surface area contributed by atoms with Gasteiger partial charge in [0.2, 0.25) is 5.91 Å². The van der Waals surface area contributed by atoms with Crippen LogP contribution in [-0.2, 0) is 11.2 Å². The summed E-state index contributed by atoms with van der Waals surface area (Å²) in [5.74, 6) is 0.115. The molecule has 0 radical (unpaired) electrons. The molecule has 2 amide bonds. The Hall–Kier alpha value is -2.33. The SMILES string of the molecule is Cc1ccc(CC(=O)N2CCCN(C(=O)c3ccc(Cl)cc3)CC2)cc1. The quantitative estimate of drug-likeness (QED) is 0.828. The van der Waals surface area contributed by atoms with E-state index in [2.05, 4.69) is 0 Å². The van der Waals surface area contributed by atoms with E-state index in [1.165, 1.54) is 5.56 Å². The highest BCUT2D eigenvalue weighted by Crippen LogP contribution is 2.14. The van der Waals surface area contributed by atoms with Gasteiger partial charge in [0.15, 0.2) is 0 Å². The highest BCUT2D eigenvalue weighted by molar-refractivity contribution is 6.30. The predicted octanol–water partition coefficient (Wildman–Crippen LogP) is 3.57. The molecule has 0 spiro atoms. The van der Waals surface area contributed by atoms with Crippen molar-refractivity contribution in [1.82, 2.24) is 9.80 Å². The number of amides is 2. The van der Waals surface area contributed by atoms with Gasteiger partial charge >= 0.3 is 0 Å². The molecule has 3 rings (SSSR count). The van der Waals surface area contributed by atoms with Crippen LogP contribution < -0.4 is 0 Å². The second-order valence-corrected chi connectivity index (χ2v) is 7.13. The summed E-state index contributed by atoms with van der Waals surface area (Å²) < 4.78 is 0. The lowest BCUT2D eigenvalue weighted by molar-refractivity contribution is -0.130. The van der Waals surface area contributed by atoms with Gasteiger partial charge in [-0.15, -0.1) is 0 Å². The Bertz CT molecular complexity index is 772. The van der Waals surface area contributed by atoms with Crippen LogP contribution in [0.3, 0.4) is 0 Å². The van der Waals surface area contributed by atoms with Crippen molar-refractivity contribution in [3.63, 3.8) is 0 Å². The Labute approximate surface area is 159 Å². The van der Waals surface area contributed by atoms with Crippen LogP contribution in [-0.4, -0.2) is 47.8 Å². The summed E-state index contributed by atoms with van der Waals surface area (Å²) in [5, 5.41) is 0.616. The average molecular weight is 371 g/mol. The van der Waals surface area contributed by atoms with Crippen LogP contribution >= 0.6 is 11.6 Å². The Morgan fingerprint density at radius 3 is 2.19 bits per heavy atom. The smallest absolute Gasteiger partial charge is 0.253 e. The Morgan fingerprint density at radius 1 is 0.885 bits per heavy atom. The van der Waals surface area contributed by atoms with Crippen LogP contribution in [0, 0.1) is 6.92 Å². The molecule has 1 saturated heterocycles. The first kappa shape index (κ1) is 18.5. The van der Waals surface area contributed by atoms with E-state index in [0.717, 1.165) is 12.0 Å². The maximum absolute atomic E-state index is 12.6. The zero-order chi connectivity index (χ0) is 18.5. The van der Waals surface area contributed by atoms with Crippen LogP contribution in [0.5, 0.6) is 0 Å². The third-order valence-electron chi connectivity index (χ3n) is 4.70. The van der Waals surface area contributed by atoms with E-state index in [-0.39, 0.29) is 11.8 Å². The number of nitrogens with zero attached hydrogens (tertiary/aromatic N) is 2. The van der Waals surface area contributed by atoms with Gasteiger partial charge in [0.05, 0.1) is 6.42 Å². The van der Waals surface area contributed by atoms with E-state index in [1.807, 2.05) is 41.0 Å². The van der Waals surface area contributed by atoms with E-state index in [0.29, 0.717) is 43.2 Å². The normalized spacial score (nSPS) is 14.8. The van der Waals surface area contributed by atoms with Gasteiger partial charge in [0, 0.05) is 36.8 Å². The molecule has 0 unspecified atom stereocenters. The molecule has 0 aliphatic carbocycles. The van der Waals surface area contributed by atoms with E-state index in [1.54, 1.807) is 24.3 Å². The molecule has 1 aliphatic rings. The van der Waals surface area contributed by atoms with Crippen LogP contribution in [0.2, 0.25) is 5.02 Å². The first-order valence-corrected chi connectivity index (χ1v) is 9.29. The van der Waals surface area contributed by atoms with Crippen molar-refractivity contribution in [2.45, 2.75) is 19.8 Å². The number of hydrogen-bond donors (Lipinski definition) is 0. The number of carbonyl (C=O) groups is 2. The molecule has 136 valence electrons. The lowest BCUT2D eigenvalue weighted by atomic mass is 10.1. The molecule has 2 aromatic carbocycles. The number of aryl methyl sites for hydroxylation is 1. The Morgan fingerprint density at radius 2 is 1.50 bits per heavy atom. The number of rotatable bonds is 3. The van der Waals surface area contributed by atoms with Crippen LogP contribution in [0.15, 0.2) is 48.5 Å². The fraction of sp³-hybridized carbons (Fsp3) is 0.333. The Balaban J connectivity index is 1.58. The summed E-state index contributed by atoms with van der Waals surface area (Å²) in [6.45, 7) is 4.52. The fourth-order valence-corrected chi connectivity index (χ4v) is 3.26. The third kappa shape index (κ3) is 4.64. The summed E-state index contributed by atoms with van der Waals surface area (Å²) in [6, 6.07) is 15.0. The van der Waals surface area contributed by atoms with Gasteiger partial charge in [-0.2, -0.15) is 0 Å². The van der Waals surface area contributed by atoms with Crippen molar-refractivity contribution in [3.8, 4) is 0 Å². The van der Waals surface area contributed by atoms with Gasteiger partial charge < -0.3 is 9.80 Å². The molecule has 0 aromatic heterocycles. The second kappa shape index (κ2) is 8.37. The second-order valence-electron chi connectivity index (χ2n) is 6.70. The summed E-state index contributed by atoms with van der Waals surface area (Å²) in [4.78, 5) is 28.9. The van der Waals surface area contributed by atoms with Crippen molar-refractivity contribution in [2.24, 2.45) is 0 Å². The largest absolute Gasteiger partial charge is 0.341 e. The predicted molar refractivity (Wildman–Crippen MR) is 103 cm³/mol. The van der Waals surface area contributed by atoms with Crippen LogP contribution in [0.25, 0.3) is 0 Å². The maximum Gasteiger partial charge on any atom is 0.253 e. The van der Waals surface area contributed by atoms with E-state index < -0.39 is 0 Å². The molecule has 4 nitrogen and oxygen atoms in total. The van der Waals surface area contributed by atoms with Crippen molar-refractivity contribution in [1.29, 1.82) is 0 Å². The van der Waals surface area contributed by atoms with Gasteiger partial charge in [-0.1, -0.05) is 41.4 Å². The third-order valence-corrected chi connectivity index (χ3v) is 4.95. The number of carbonyl (C=O) groups excluding carboxylic acids is 2. The molecule has 0 atom stereocenters. The van der Waals surface area contributed by atoms with Gasteiger partial charge in [0.25, 0.3) is 5.91 Å². The summed E-state index contributed by atoms with van der Waals surface area (Å²) >= 11 is 5.89. The fourth-order valence-electron chi connectivity index (χ4n) is 3.14.